The number of rotatable bonds is 6. The molecule has 84 valence electrons. The zero-order chi connectivity index (χ0) is 11.1. The van der Waals surface area contributed by atoms with Crippen LogP contribution in [0.4, 0.5) is 4.39 Å². The molecule has 0 aromatic heterocycles. The predicted octanol–water partition coefficient (Wildman–Crippen LogP) is 2.26. The van der Waals surface area contributed by atoms with Gasteiger partial charge in [0, 0.05) is 13.7 Å². The Labute approximate surface area is 96.7 Å². The second-order valence-electron chi connectivity index (χ2n) is 2.91. The first-order valence-electron chi connectivity index (χ1n) is 4.51. The predicted molar refractivity (Wildman–Crippen MR) is 58.8 cm³/mol. The number of nitrogens with one attached hydrogen (secondary N) is 1. The van der Waals surface area contributed by atoms with Crippen LogP contribution >= 0.6 is 15.9 Å². The van der Waals surface area contributed by atoms with Crippen molar-refractivity contribution in [2.45, 2.75) is 6.54 Å². The Morgan fingerprint density at radius 2 is 2.20 bits per heavy atom. The van der Waals surface area contributed by atoms with E-state index >= 15 is 0 Å². The first kappa shape index (κ1) is 12.6. The topological polar surface area (TPSA) is 30.5 Å². The second-order valence-corrected chi connectivity index (χ2v) is 3.77. The van der Waals surface area contributed by atoms with Crippen molar-refractivity contribution in [1.29, 1.82) is 0 Å². The van der Waals surface area contributed by atoms with Crippen LogP contribution in [0.5, 0.6) is 0 Å². The van der Waals surface area contributed by atoms with Crippen LogP contribution in [-0.4, -0.2) is 20.3 Å². The summed E-state index contributed by atoms with van der Waals surface area (Å²) >= 11 is 3.12. The van der Waals surface area contributed by atoms with E-state index in [2.05, 4.69) is 21.4 Å². The molecule has 1 rings (SSSR count). The highest BCUT2D eigenvalue weighted by molar-refractivity contribution is 9.10. The van der Waals surface area contributed by atoms with E-state index in [1.165, 1.54) is 6.07 Å². The van der Waals surface area contributed by atoms with E-state index in [0.29, 0.717) is 24.2 Å². The van der Waals surface area contributed by atoms with Gasteiger partial charge in [-0.3, -0.25) is 4.84 Å². The lowest BCUT2D eigenvalue weighted by atomic mass is 10.2. The lowest BCUT2D eigenvalue weighted by molar-refractivity contribution is 0.00345. The molecule has 0 aliphatic heterocycles. The standard InChI is InChI=1S/C10H13BrFNO2/c1-14-4-5-15-13-7-8-2-3-10(12)9(11)6-8/h2-3,6,13H,4-5,7H2,1H3. The Balaban J connectivity index is 2.28. The summed E-state index contributed by atoms with van der Waals surface area (Å²) in [5.74, 6) is -0.265. The van der Waals surface area contributed by atoms with Crippen LogP contribution in [0.3, 0.4) is 0 Å². The van der Waals surface area contributed by atoms with Crippen molar-refractivity contribution in [3.63, 3.8) is 0 Å². The van der Waals surface area contributed by atoms with Gasteiger partial charge in [0.1, 0.15) is 5.82 Å². The number of methoxy groups -OCH3 is 1. The quantitative estimate of drug-likeness (QED) is 0.639. The first-order valence-corrected chi connectivity index (χ1v) is 5.31. The van der Waals surface area contributed by atoms with E-state index in [1.807, 2.05) is 0 Å². The molecule has 0 spiro atoms. The lowest BCUT2D eigenvalue weighted by Gasteiger charge is -2.06. The number of halogens is 2. The molecule has 0 bridgehead atoms. The summed E-state index contributed by atoms with van der Waals surface area (Å²) in [6.45, 7) is 1.56. The summed E-state index contributed by atoms with van der Waals surface area (Å²) in [6, 6.07) is 4.82. The molecule has 0 saturated carbocycles. The van der Waals surface area contributed by atoms with Gasteiger partial charge in [0.05, 0.1) is 17.7 Å². The van der Waals surface area contributed by atoms with Crippen LogP contribution in [0.25, 0.3) is 0 Å². The lowest BCUT2D eigenvalue weighted by Crippen LogP contribution is -2.17. The largest absolute Gasteiger partial charge is 0.382 e. The number of benzene rings is 1. The van der Waals surface area contributed by atoms with Gasteiger partial charge >= 0.3 is 0 Å². The highest BCUT2D eigenvalue weighted by Gasteiger charge is 1.99. The van der Waals surface area contributed by atoms with Crippen molar-refractivity contribution in [2.24, 2.45) is 0 Å². The van der Waals surface area contributed by atoms with Crippen molar-refractivity contribution >= 4 is 15.9 Å². The molecule has 15 heavy (non-hydrogen) atoms. The van der Waals surface area contributed by atoms with Crippen molar-refractivity contribution < 1.29 is 14.0 Å². The summed E-state index contributed by atoms with van der Waals surface area (Å²) in [4.78, 5) is 5.06. The van der Waals surface area contributed by atoms with E-state index in [9.17, 15) is 4.39 Å². The monoisotopic (exact) mass is 277 g/mol. The minimum atomic E-state index is -0.265. The summed E-state index contributed by atoms with van der Waals surface area (Å²) in [5.41, 5.74) is 3.70. The van der Waals surface area contributed by atoms with Crippen molar-refractivity contribution in [1.82, 2.24) is 5.48 Å². The second kappa shape index (κ2) is 6.90. The Bertz CT molecular complexity index is 309. The third-order valence-corrected chi connectivity index (χ3v) is 2.36. The Morgan fingerprint density at radius 3 is 2.87 bits per heavy atom. The van der Waals surface area contributed by atoms with Gasteiger partial charge in [0.2, 0.25) is 0 Å². The van der Waals surface area contributed by atoms with E-state index in [0.717, 1.165) is 5.56 Å². The zero-order valence-corrected chi connectivity index (χ0v) is 10.0. The molecular weight excluding hydrogens is 265 g/mol. The fraction of sp³-hybridized carbons (Fsp3) is 0.400. The molecule has 1 aromatic rings. The fourth-order valence-electron chi connectivity index (χ4n) is 0.981. The third kappa shape index (κ3) is 4.70. The molecule has 5 heteroatoms. The molecule has 0 atom stereocenters. The van der Waals surface area contributed by atoms with Gasteiger partial charge in [0.25, 0.3) is 0 Å². The van der Waals surface area contributed by atoms with Gasteiger partial charge in [-0.25, -0.2) is 4.39 Å². The van der Waals surface area contributed by atoms with E-state index in [-0.39, 0.29) is 5.82 Å². The molecular formula is C10H13BrFNO2. The van der Waals surface area contributed by atoms with E-state index < -0.39 is 0 Å². The van der Waals surface area contributed by atoms with Crippen LogP contribution in [0.2, 0.25) is 0 Å². The van der Waals surface area contributed by atoms with Crippen molar-refractivity contribution in [3.8, 4) is 0 Å². The maximum absolute atomic E-state index is 12.9. The van der Waals surface area contributed by atoms with Crippen molar-refractivity contribution in [2.75, 3.05) is 20.3 Å². The molecule has 0 radical (unpaired) electrons. The Morgan fingerprint density at radius 1 is 1.40 bits per heavy atom. The summed E-state index contributed by atoms with van der Waals surface area (Å²) in [6.07, 6.45) is 0. The maximum atomic E-state index is 12.9. The normalized spacial score (nSPS) is 10.6. The van der Waals surface area contributed by atoms with Gasteiger partial charge < -0.3 is 4.74 Å². The van der Waals surface area contributed by atoms with E-state index in [4.69, 9.17) is 9.57 Å². The van der Waals surface area contributed by atoms with Crippen LogP contribution in [-0.2, 0) is 16.1 Å². The molecule has 0 heterocycles. The number of hydrogen-bond acceptors (Lipinski definition) is 3. The number of hydrogen-bond donors (Lipinski definition) is 1. The maximum Gasteiger partial charge on any atom is 0.137 e. The van der Waals surface area contributed by atoms with Gasteiger partial charge in [-0.15, -0.1) is 0 Å². The summed E-state index contributed by atoms with van der Waals surface area (Å²) in [5, 5.41) is 0. The third-order valence-electron chi connectivity index (χ3n) is 1.75. The Kier molecular flexibility index (Phi) is 5.78. The smallest absolute Gasteiger partial charge is 0.137 e. The molecule has 0 amide bonds. The van der Waals surface area contributed by atoms with Gasteiger partial charge in [-0.2, -0.15) is 5.48 Å². The summed E-state index contributed by atoms with van der Waals surface area (Å²) in [7, 11) is 1.61. The first-order chi connectivity index (χ1) is 7.24. The molecule has 1 aromatic carbocycles. The van der Waals surface area contributed by atoms with Gasteiger partial charge in [-0.1, -0.05) is 6.07 Å². The number of hydroxylamine groups is 1. The van der Waals surface area contributed by atoms with Gasteiger partial charge in [0.15, 0.2) is 0 Å². The molecule has 0 aliphatic carbocycles. The minimum absolute atomic E-state index is 0.265. The van der Waals surface area contributed by atoms with E-state index in [1.54, 1.807) is 19.2 Å². The van der Waals surface area contributed by atoms with Gasteiger partial charge in [-0.05, 0) is 33.6 Å². The molecule has 0 saturated heterocycles. The van der Waals surface area contributed by atoms with Crippen molar-refractivity contribution in [3.05, 3.63) is 34.1 Å². The van der Waals surface area contributed by atoms with Crippen LogP contribution in [0, 0.1) is 5.82 Å². The average Bonchev–Trinajstić information content (AvgIpc) is 2.23. The highest BCUT2D eigenvalue weighted by Crippen LogP contribution is 2.16. The molecule has 0 aliphatic rings. The molecule has 0 fully saturated rings. The fourth-order valence-corrected chi connectivity index (χ4v) is 1.41. The van der Waals surface area contributed by atoms with Crippen LogP contribution in [0.15, 0.2) is 22.7 Å². The SMILES string of the molecule is COCCONCc1ccc(F)c(Br)c1. The minimum Gasteiger partial charge on any atom is -0.382 e. The zero-order valence-electron chi connectivity index (χ0n) is 8.43. The van der Waals surface area contributed by atoms with Crippen LogP contribution in [0.1, 0.15) is 5.56 Å². The molecule has 0 unspecified atom stereocenters. The molecule has 3 nitrogen and oxygen atoms in total. The highest BCUT2D eigenvalue weighted by atomic mass is 79.9. The average molecular weight is 278 g/mol. The Hall–Kier alpha value is -0.490. The van der Waals surface area contributed by atoms with Crippen LogP contribution < -0.4 is 5.48 Å². The number of ether oxygens (including phenoxy) is 1. The molecule has 1 N–H and O–H groups in total. The summed E-state index contributed by atoms with van der Waals surface area (Å²) < 4.78 is 18.1.